The van der Waals surface area contributed by atoms with Crippen LogP contribution in [0, 0.1) is 11.6 Å². The number of Topliss-reactive ketones (excluding diaryl/α,β-unsaturated/α-hetero) is 1. The van der Waals surface area contributed by atoms with E-state index in [1.807, 2.05) is 30.3 Å². The van der Waals surface area contributed by atoms with Gasteiger partial charge >= 0.3 is 0 Å². The summed E-state index contributed by atoms with van der Waals surface area (Å²) < 4.78 is 29.3. The van der Waals surface area contributed by atoms with E-state index in [1.54, 1.807) is 0 Å². The Bertz CT molecular complexity index is 1090. The van der Waals surface area contributed by atoms with E-state index in [1.165, 1.54) is 23.1 Å². The number of anilines is 1. The van der Waals surface area contributed by atoms with Crippen molar-refractivity contribution in [2.45, 2.75) is 24.8 Å². The SMILES string of the molecule is O=C1C[C@@H](c2ccccc2)CC2=C1[C@@H](c1cc(F)cc(F)c1)n1ncnc1N2. The summed E-state index contributed by atoms with van der Waals surface area (Å²) in [7, 11) is 0. The lowest BCUT2D eigenvalue weighted by molar-refractivity contribution is -0.116. The van der Waals surface area contributed by atoms with Crippen molar-refractivity contribution in [3.63, 3.8) is 0 Å². The maximum atomic E-state index is 13.9. The van der Waals surface area contributed by atoms with Gasteiger partial charge in [-0.15, -0.1) is 0 Å². The number of nitrogens with one attached hydrogen (secondary N) is 1. The molecule has 0 bridgehead atoms. The zero-order valence-electron chi connectivity index (χ0n) is 14.8. The van der Waals surface area contributed by atoms with Gasteiger partial charge < -0.3 is 5.32 Å². The van der Waals surface area contributed by atoms with Gasteiger partial charge in [-0.1, -0.05) is 30.3 Å². The summed E-state index contributed by atoms with van der Waals surface area (Å²) in [4.78, 5) is 17.3. The van der Waals surface area contributed by atoms with Crippen LogP contribution in [0.1, 0.15) is 35.9 Å². The van der Waals surface area contributed by atoms with Gasteiger partial charge in [0.2, 0.25) is 5.95 Å². The fourth-order valence-electron chi connectivity index (χ4n) is 4.15. The highest BCUT2D eigenvalue weighted by molar-refractivity contribution is 6.00. The highest BCUT2D eigenvalue weighted by Crippen LogP contribution is 2.43. The second-order valence-electron chi connectivity index (χ2n) is 7.09. The van der Waals surface area contributed by atoms with Gasteiger partial charge in [-0.3, -0.25) is 4.79 Å². The number of aromatic nitrogens is 3. The summed E-state index contributed by atoms with van der Waals surface area (Å²) in [6.45, 7) is 0. The standard InChI is InChI=1S/C21H16F2N4O/c22-15-6-14(7-16(23)10-15)20-19-17(26-21-24-11-25-27(20)21)8-13(9-18(19)28)12-4-2-1-3-5-12/h1-7,10-11,13,20H,8-9H2,(H,24,25,26)/t13-,20+/m0/s1. The van der Waals surface area contributed by atoms with E-state index >= 15 is 0 Å². The van der Waals surface area contributed by atoms with Crippen molar-refractivity contribution in [3.05, 3.63) is 88.9 Å². The number of fused-ring (bicyclic) bond motifs is 1. The molecule has 28 heavy (non-hydrogen) atoms. The van der Waals surface area contributed by atoms with E-state index in [9.17, 15) is 13.6 Å². The molecule has 1 aliphatic heterocycles. The average molecular weight is 378 g/mol. The minimum absolute atomic E-state index is 0.0410. The topological polar surface area (TPSA) is 59.8 Å². The normalized spacial score (nSPS) is 21.1. The molecular weight excluding hydrogens is 362 g/mol. The molecule has 0 spiro atoms. The second-order valence-corrected chi connectivity index (χ2v) is 7.09. The van der Waals surface area contributed by atoms with Gasteiger partial charge in [-0.25, -0.2) is 13.5 Å². The largest absolute Gasteiger partial charge is 0.328 e. The second kappa shape index (κ2) is 6.37. The molecule has 3 aromatic rings. The van der Waals surface area contributed by atoms with Crippen LogP contribution in [0.5, 0.6) is 0 Å². The fraction of sp³-hybridized carbons (Fsp3) is 0.190. The highest BCUT2D eigenvalue weighted by Gasteiger charge is 2.39. The van der Waals surface area contributed by atoms with Crippen LogP contribution in [0.25, 0.3) is 0 Å². The number of carbonyl (C=O) groups is 1. The molecule has 0 fully saturated rings. The van der Waals surface area contributed by atoms with Crippen LogP contribution < -0.4 is 5.32 Å². The Morgan fingerprint density at radius 2 is 1.75 bits per heavy atom. The molecule has 0 saturated heterocycles. The van der Waals surface area contributed by atoms with Crippen LogP contribution in [0.15, 0.2) is 66.1 Å². The maximum absolute atomic E-state index is 13.9. The first-order chi connectivity index (χ1) is 13.6. The van der Waals surface area contributed by atoms with Crippen LogP contribution in [0.4, 0.5) is 14.7 Å². The van der Waals surface area contributed by atoms with Crippen LogP contribution in [-0.2, 0) is 4.79 Å². The first kappa shape index (κ1) is 16.8. The Kier molecular flexibility index (Phi) is 3.82. The summed E-state index contributed by atoms with van der Waals surface area (Å²) in [5, 5.41) is 7.39. The fourth-order valence-corrected chi connectivity index (χ4v) is 4.15. The van der Waals surface area contributed by atoms with Crippen molar-refractivity contribution in [3.8, 4) is 0 Å². The van der Waals surface area contributed by atoms with E-state index in [0.29, 0.717) is 29.9 Å². The first-order valence-corrected chi connectivity index (χ1v) is 9.04. The molecule has 0 unspecified atom stereocenters. The Balaban J connectivity index is 1.63. The first-order valence-electron chi connectivity index (χ1n) is 9.04. The monoisotopic (exact) mass is 378 g/mol. The van der Waals surface area contributed by atoms with Crippen LogP contribution >= 0.6 is 0 Å². The number of ketones is 1. The van der Waals surface area contributed by atoms with Crippen molar-refractivity contribution < 1.29 is 13.6 Å². The predicted octanol–water partition coefficient (Wildman–Crippen LogP) is 3.97. The molecule has 1 aromatic heterocycles. The third kappa shape index (κ3) is 2.70. The van der Waals surface area contributed by atoms with Gasteiger partial charge in [-0.05, 0) is 35.6 Å². The van der Waals surface area contributed by atoms with E-state index in [2.05, 4.69) is 15.4 Å². The van der Waals surface area contributed by atoms with Crippen LogP contribution in [0.3, 0.4) is 0 Å². The number of hydrogen-bond acceptors (Lipinski definition) is 4. The number of allylic oxidation sites excluding steroid dienone is 2. The molecule has 1 aliphatic carbocycles. The molecule has 0 saturated carbocycles. The van der Waals surface area contributed by atoms with Gasteiger partial charge in [0.1, 0.15) is 24.0 Å². The molecule has 2 aliphatic rings. The van der Waals surface area contributed by atoms with E-state index in [4.69, 9.17) is 0 Å². The molecule has 7 heteroatoms. The number of halogens is 2. The molecule has 2 heterocycles. The molecule has 140 valence electrons. The van der Waals surface area contributed by atoms with E-state index < -0.39 is 17.7 Å². The molecule has 1 N–H and O–H groups in total. The summed E-state index contributed by atoms with van der Waals surface area (Å²) in [5.74, 6) is -0.946. The Morgan fingerprint density at radius 1 is 1.00 bits per heavy atom. The zero-order chi connectivity index (χ0) is 19.3. The minimum Gasteiger partial charge on any atom is -0.328 e. The van der Waals surface area contributed by atoms with Gasteiger partial charge in [-0.2, -0.15) is 10.1 Å². The molecule has 0 radical (unpaired) electrons. The summed E-state index contributed by atoms with van der Waals surface area (Å²) >= 11 is 0. The number of carbonyl (C=O) groups excluding carboxylic acids is 1. The van der Waals surface area contributed by atoms with Crippen molar-refractivity contribution in [2.24, 2.45) is 0 Å². The minimum atomic E-state index is -0.705. The summed E-state index contributed by atoms with van der Waals surface area (Å²) in [5.41, 5.74) is 2.66. The smallest absolute Gasteiger partial charge is 0.226 e. The highest BCUT2D eigenvalue weighted by atomic mass is 19.1. The lowest BCUT2D eigenvalue weighted by atomic mass is 9.78. The van der Waals surface area contributed by atoms with Crippen molar-refractivity contribution in [1.29, 1.82) is 0 Å². The number of rotatable bonds is 2. The zero-order valence-corrected chi connectivity index (χ0v) is 14.8. The van der Waals surface area contributed by atoms with Crippen molar-refractivity contribution in [2.75, 3.05) is 5.32 Å². The number of benzene rings is 2. The van der Waals surface area contributed by atoms with Gasteiger partial charge in [0.15, 0.2) is 5.78 Å². The predicted molar refractivity (Wildman–Crippen MR) is 98.6 cm³/mol. The third-order valence-corrected chi connectivity index (χ3v) is 5.33. The molecular formula is C21H16F2N4O. The van der Waals surface area contributed by atoms with Crippen LogP contribution in [0.2, 0.25) is 0 Å². The van der Waals surface area contributed by atoms with E-state index in [-0.39, 0.29) is 11.7 Å². The average Bonchev–Trinajstić information content (AvgIpc) is 3.14. The lowest BCUT2D eigenvalue weighted by Gasteiger charge is -2.35. The summed E-state index contributed by atoms with van der Waals surface area (Å²) in [6.07, 6.45) is 2.32. The Labute approximate surface area is 159 Å². The third-order valence-electron chi connectivity index (χ3n) is 5.33. The van der Waals surface area contributed by atoms with Crippen LogP contribution in [-0.4, -0.2) is 20.5 Å². The Morgan fingerprint density at radius 3 is 2.50 bits per heavy atom. The van der Waals surface area contributed by atoms with Gasteiger partial charge in [0, 0.05) is 23.8 Å². The quantitative estimate of drug-likeness (QED) is 0.733. The molecule has 2 aromatic carbocycles. The van der Waals surface area contributed by atoms with Crippen molar-refractivity contribution >= 4 is 11.7 Å². The molecule has 0 amide bonds. The van der Waals surface area contributed by atoms with Gasteiger partial charge in [0.25, 0.3) is 0 Å². The van der Waals surface area contributed by atoms with E-state index in [0.717, 1.165) is 17.3 Å². The number of nitrogens with zero attached hydrogens (tertiary/aromatic N) is 3. The number of hydrogen-bond donors (Lipinski definition) is 1. The summed E-state index contributed by atoms with van der Waals surface area (Å²) in [6, 6.07) is 12.5. The molecule has 2 atom stereocenters. The Hall–Kier alpha value is -3.35. The maximum Gasteiger partial charge on any atom is 0.226 e. The lowest BCUT2D eigenvalue weighted by Crippen LogP contribution is -2.33. The van der Waals surface area contributed by atoms with Crippen molar-refractivity contribution in [1.82, 2.24) is 14.8 Å². The molecule has 5 rings (SSSR count). The molecule has 5 nitrogen and oxygen atoms in total. The van der Waals surface area contributed by atoms with Gasteiger partial charge in [0.05, 0.1) is 0 Å².